The molecule has 0 atom stereocenters. The lowest BCUT2D eigenvalue weighted by atomic mass is 10.1. The summed E-state index contributed by atoms with van der Waals surface area (Å²) >= 11 is 4.96. The SMILES string of the molecule is Nc1ccc(C(=O)NCc2ccc(Br)s2)c(N)c1. The van der Waals surface area contributed by atoms with Gasteiger partial charge in [0.2, 0.25) is 0 Å². The van der Waals surface area contributed by atoms with Gasteiger partial charge in [0, 0.05) is 16.3 Å². The molecule has 0 radical (unpaired) electrons. The molecule has 0 unspecified atom stereocenters. The smallest absolute Gasteiger partial charge is 0.253 e. The van der Waals surface area contributed by atoms with Crippen LogP contribution in [0.5, 0.6) is 0 Å². The van der Waals surface area contributed by atoms with Crippen LogP contribution in [0.1, 0.15) is 15.2 Å². The fraction of sp³-hybridized carbons (Fsp3) is 0.0833. The van der Waals surface area contributed by atoms with Crippen LogP contribution in [-0.2, 0) is 6.54 Å². The highest BCUT2D eigenvalue weighted by molar-refractivity contribution is 9.11. The van der Waals surface area contributed by atoms with E-state index in [2.05, 4.69) is 21.2 Å². The Bertz CT molecular complexity index is 582. The average molecular weight is 326 g/mol. The highest BCUT2D eigenvalue weighted by atomic mass is 79.9. The Morgan fingerprint density at radius 2 is 2.06 bits per heavy atom. The molecule has 94 valence electrons. The number of rotatable bonds is 3. The van der Waals surface area contributed by atoms with Gasteiger partial charge in [-0.2, -0.15) is 0 Å². The first-order valence-electron chi connectivity index (χ1n) is 5.23. The van der Waals surface area contributed by atoms with Gasteiger partial charge in [0.15, 0.2) is 0 Å². The van der Waals surface area contributed by atoms with E-state index < -0.39 is 0 Å². The fourth-order valence-electron chi connectivity index (χ4n) is 1.50. The lowest BCUT2D eigenvalue weighted by Gasteiger charge is -2.07. The summed E-state index contributed by atoms with van der Waals surface area (Å²) in [6.07, 6.45) is 0. The van der Waals surface area contributed by atoms with Gasteiger partial charge in [0.05, 0.1) is 15.9 Å². The molecule has 1 amide bonds. The van der Waals surface area contributed by atoms with E-state index in [1.807, 2.05) is 12.1 Å². The summed E-state index contributed by atoms with van der Waals surface area (Å²) in [4.78, 5) is 13.0. The van der Waals surface area contributed by atoms with E-state index in [4.69, 9.17) is 11.5 Å². The zero-order valence-electron chi connectivity index (χ0n) is 9.44. The number of nitrogens with two attached hydrogens (primary N) is 2. The van der Waals surface area contributed by atoms with Crippen molar-refractivity contribution in [3.8, 4) is 0 Å². The molecule has 0 saturated carbocycles. The van der Waals surface area contributed by atoms with Gasteiger partial charge >= 0.3 is 0 Å². The molecule has 1 aromatic carbocycles. The normalized spacial score (nSPS) is 10.3. The summed E-state index contributed by atoms with van der Waals surface area (Å²) in [5.41, 5.74) is 12.7. The summed E-state index contributed by atoms with van der Waals surface area (Å²) in [5, 5.41) is 2.82. The Labute approximate surface area is 117 Å². The molecule has 1 heterocycles. The van der Waals surface area contributed by atoms with Gasteiger partial charge in [0.25, 0.3) is 5.91 Å². The average Bonchev–Trinajstić information content (AvgIpc) is 2.72. The second-order valence-corrected chi connectivity index (χ2v) is 6.28. The number of carbonyl (C=O) groups is 1. The minimum Gasteiger partial charge on any atom is -0.399 e. The van der Waals surface area contributed by atoms with Gasteiger partial charge in [0.1, 0.15) is 0 Å². The Hall–Kier alpha value is -1.53. The highest BCUT2D eigenvalue weighted by Gasteiger charge is 2.09. The van der Waals surface area contributed by atoms with Gasteiger partial charge in [-0.15, -0.1) is 11.3 Å². The number of anilines is 2. The van der Waals surface area contributed by atoms with Gasteiger partial charge in [-0.25, -0.2) is 0 Å². The third-order valence-electron chi connectivity index (χ3n) is 2.37. The molecule has 6 heteroatoms. The van der Waals surface area contributed by atoms with Crippen molar-refractivity contribution in [2.24, 2.45) is 0 Å². The van der Waals surface area contributed by atoms with Crippen LogP contribution >= 0.6 is 27.3 Å². The van der Waals surface area contributed by atoms with Crippen LogP contribution in [0.2, 0.25) is 0 Å². The monoisotopic (exact) mass is 325 g/mol. The number of carbonyl (C=O) groups excluding carboxylic acids is 1. The first-order valence-corrected chi connectivity index (χ1v) is 6.84. The minimum atomic E-state index is -0.197. The van der Waals surface area contributed by atoms with Crippen LogP contribution in [0.15, 0.2) is 34.1 Å². The number of nitrogen functional groups attached to an aromatic ring is 2. The third kappa shape index (κ3) is 3.02. The van der Waals surface area contributed by atoms with Gasteiger partial charge in [-0.05, 0) is 46.3 Å². The largest absolute Gasteiger partial charge is 0.399 e. The van der Waals surface area contributed by atoms with Crippen LogP contribution in [0.4, 0.5) is 11.4 Å². The van der Waals surface area contributed by atoms with Crippen molar-refractivity contribution in [2.45, 2.75) is 6.54 Å². The van der Waals surface area contributed by atoms with E-state index >= 15 is 0 Å². The van der Waals surface area contributed by atoms with Crippen LogP contribution in [-0.4, -0.2) is 5.91 Å². The first kappa shape index (κ1) is 12.9. The number of hydrogen-bond acceptors (Lipinski definition) is 4. The molecule has 0 saturated heterocycles. The summed E-state index contributed by atoms with van der Waals surface area (Å²) in [6.45, 7) is 0.485. The Kier molecular flexibility index (Phi) is 3.88. The fourth-order valence-corrected chi connectivity index (χ4v) is 2.92. The zero-order valence-corrected chi connectivity index (χ0v) is 11.8. The molecule has 2 rings (SSSR count). The zero-order chi connectivity index (χ0) is 13.1. The molecule has 5 N–H and O–H groups in total. The second-order valence-electron chi connectivity index (χ2n) is 3.74. The lowest BCUT2D eigenvalue weighted by molar-refractivity contribution is 0.0952. The summed E-state index contributed by atoms with van der Waals surface area (Å²) in [5.74, 6) is -0.197. The topological polar surface area (TPSA) is 81.1 Å². The Morgan fingerprint density at radius 1 is 1.28 bits per heavy atom. The second kappa shape index (κ2) is 5.41. The van der Waals surface area contributed by atoms with Crippen molar-refractivity contribution in [3.05, 3.63) is 44.6 Å². The van der Waals surface area contributed by atoms with Crippen molar-refractivity contribution in [1.82, 2.24) is 5.32 Å². The maximum Gasteiger partial charge on any atom is 0.253 e. The number of amides is 1. The predicted molar refractivity (Wildman–Crippen MR) is 78.5 cm³/mol. The van der Waals surface area contributed by atoms with E-state index in [0.717, 1.165) is 8.66 Å². The van der Waals surface area contributed by atoms with Gasteiger partial charge in [-0.3, -0.25) is 4.79 Å². The summed E-state index contributed by atoms with van der Waals surface area (Å²) < 4.78 is 1.04. The van der Waals surface area contributed by atoms with Gasteiger partial charge in [-0.1, -0.05) is 0 Å². The van der Waals surface area contributed by atoms with Crippen LogP contribution in [0.3, 0.4) is 0 Å². The first-order chi connectivity index (χ1) is 8.56. The number of benzene rings is 1. The standard InChI is InChI=1S/C12H12BrN3OS/c13-11-4-2-8(18-11)6-16-12(17)9-3-1-7(14)5-10(9)15/h1-5H,6,14-15H2,(H,16,17). The molecule has 1 aromatic heterocycles. The van der Waals surface area contributed by atoms with Crippen LogP contribution in [0, 0.1) is 0 Å². The Balaban J connectivity index is 2.03. The molecule has 4 nitrogen and oxygen atoms in total. The molecule has 0 spiro atoms. The summed E-state index contributed by atoms with van der Waals surface area (Å²) in [6, 6.07) is 8.78. The van der Waals surface area contributed by atoms with Crippen LogP contribution < -0.4 is 16.8 Å². The molecule has 0 bridgehead atoms. The number of hydrogen-bond donors (Lipinski definition) is 3. The molecular weight excluding hydrogens is 314 g/mol. The number of thiophene rings is 1. The highest BCUT2D eigenvalue weighted by Crippen LogP contribution is 2.22. The predicted octanol–water partition coefficient (Wildman–Crippen LogP) is 2.61. The maximum atomic E-state index is 11.9. The number of halogens is 1. The van der Waals surface area contributed by atoms with Crippen molar-refractivity contribution >= 4 is 44.5 Å². The van der Waals surface area contributed by atoms with E-state index in [1.54, 1.807) is 29.5 Å². The molecule has 18 heavy (non-hydrogen) atoms. The van der Waals surface area contributed by atoms with E-state index in [0.29, 0.717) is 23.5 Å². The maximum absolute atomic E-state index is 11.9. The molecule has 0 aliphatic carbocycles. The van der Waals surface area contributed by atoms with Gasteiger partial charge < -0.3 is 16.8 Å². The third-order valence-corrected chi connectivity index (χ3v) is 4.00. The minimum absolute atomic E-state index is 0.197. The molecule has 0 aliphatic heterocycles. The van der Waals surface area contributed by atoms with E-state index in [1.165, 1.54) is 0 Å². The quantitative estimate of drug-likeness (QED) is 0.759. The van der Waals surface area contributed by atoms with Crippen LogP contribution in [0.25, 0.3) is 0 Å². The van der Waals surface area contributed by atoms with Crippen molar-refractivity contribution in [1.29, 1.82) is 0 Å². The van der Waals surface area contributed by atoms with Crippen molar-refractivity contribution < 1.29 is 4.79 Å². The lowest BCUT2D eigenvalue weighted by Crippen LogP contribution is -2.23. The number of nitrogens with one attached hydrogen (secondary N) is 1. The molecule has 0 fully saturated rings. The van der Waals surface area contributed by atoms with E-state index in [-0.39, 0.29) is 5.91 Å². The van der Waals surface area contributed by atoms with Crippen molar-refractivity contribution in [2.75, 3.05) is 11.5 Å². The van der Waals surface area contributed by atoms with Crippen molar-refractivity contribution in [3.63, 3.8) is 0 Å². The molecular formula is C12H12BrN3OS. The molecule has 2 aromatic rings. The Morgan fingerprint density at radius 3 is 2.67 bits per heavy atom. The summed E-state index contributed by atoms with van der Waals surface area (Å²) in [7, 11) is 0. The molecule has 0 aliphatic rings. The van der Waals surface area contributed by atoms with E-state index in [9.17, 15) is 4.79 Å².